The van der Waals surface area contributed by atoms with Crippen LogP contribution in [-0.4, -0.2) is 58.9 Å². The van der Waals surface area contributed by atoms with E-state index >= 15 is 0 Å². The van der Waals surface area contributed by atoms with Crippen LogP contribution in [0.2, 0.25) is 0 Å². The minimum absolute atomic E-state index is 0.0102. The van der Waals surface area contributed by atoms with Crippen molar-refractivity contribution < 1.29 is 28.7 Å². The number of likely N-dealkylation sites (tertiary alicyclic amines) is 1. The van der Waals surface area contributed by atoms with Crippen molar-refractivity contribution >= 4 is 29.4 Å². The molecule has 0 unspecified atom stereocenters. The van der Waals surface area contributed by atoms with Gasteiger partial charge in [-0.2, -0.15) is 0 Å². The van der Waals surface area contributed by atoms with Crippen LogP contribution >= 0.6 is 0 Å². The summed E-state index contributed by atoms with van der Waals surface area (Å²) in [7, 11) is 0. The number of halogens is 1. The first-order chi connectivity index (χ1) is 14.2. The number of nitrogens with zero attached hydrogens (tertiary/aromatic N) is 2. The van der Waals surface area contributed by atoms with Crippen molar-refractivity contribution in [2.45, 2.75) is 45.2 Å². The molecule has 2 aliphatic rings. The number of nitrogens with one attached hydrogen (secondary N) is 1. The fourth-order valence-corrected chi connectivity index (χ4v) is 4.00. The highest BCUT2D eigenvalue weighted by molar-refractivity contribution is 6.01. The minimum Gasteiger partial charge on any atom is -0.480 e. The average molecular weight is 419 g/mol. The monoisotopic (exact) mass is 419 g/mol. The van der Waals surface area contributed by atoms with Crippen LogP contribution in [0.5, 0.6) is 0 Å². The van der Waals surface area contributed by atoms with Crippen molar-refractivity contribution in [1.29, 1.82) is 0 Å². The molecule has 8 nitrogen and oxygen atoms in total. The van der Waals surface area contributed by atoms with Gasteiger partial charge in [0.05, 0.1) is 5.92 Å². The normalized spacial score (nSPS) is 22.5. The van der Waals surface area contributed by atoms with Crippen LogP contribution in [0.4, 0.5) is 10.1 Å². The van der Waals surface area contributed by atoms with Gasteiger partial charge in [-0.15, -0.1) is 0 Å². The third-order valence-electron chi connectivity index (χ3n) is 5.69. The zero-order valence-corrected chi connectivity index (χ0v) is 17.0. The molecule has 0 aliphatic carbocycles. The molecule has 9 heteroatoms. The van der Waals surface area contributed by atoms with Gasteiger partial charge in [0.2, 0.25) is 17.7 Å². The van der Waals surface area contributed by atoms with E-state index in [4.69, 9.17) is 0 Å². The molecule has 3 rings (SSSR count). The third-order valence-corrected chi connectivity index (χ3v) is 5.69. The van der Waals surface area contributed by atoms with Crippen molar-refractivity contribution in [2.24, 2.45) is 11.8 Å². The van der Waals surface area contributed by atoms with Gasteiger partial charge in [0.25, 0.3) is 0 Å². The number of rotatable bonds is 6. The van der Waals surface area contributed by atoms with Crippen LogP contribution in [0.25, 0.3) is 0 Å². The number of hydrogen-bond donors (Lipinski definition) is 2. The van der Waals surface area contributed by atoms with E-state index in [0.717, 1.165) is 0 Å². The number of aliphatic carboxylic acids is 1. The van der Waals surface area contributed by atoms with Crippen molar-refractivity contribution in [2.75, 3.05) is 18.0 Å². The number of carbonyl (C=O) groups excluding carboxylic acids is 3. The molecule has 2 saturated heterocycles. The summed E-state index contributed by atoms with van der Waals surface area (Å²) in [5.41, 5.74) is 0.509. The number of anilines is 1. The summed E-state index contributed by atoms with van der Waals surface area (Å²) >= 11 is 0. The summed E-state index contributed by atoms with van der Waals surface area (Å²) in [5, 5.41) is 12.1. The number of carboxylic acid groups (broad SMARTS) is 1. The van der Waals surface area contributed by atoms with Crippen LogP contribution in [0.1, 0.15) is 33.1 Å². The number of hydrogen-bond acceptors (Lipinski definition) is 4. The van der Waals surface area contributed by atoms with Gasteiger partial charge in [-0.05, 0) is 43.0 Å². The maximum atomic E-state index is 13.1. The second kappa shape index (κ2) is 8.81. The Morgan fingerprint density at radius 1 is 1.20 bits per heavy atom. The molecule has 0 bridgehead atoms. The number of carbonyl (C=O) groups is 4. The van der Waals surface area contributed by atoms with Gasteiger partial charge in [-0.25, -0.2) is 9.18 Å². The van der Waals surface area contributed by atoms with Crippen LogP contribution < -0.4 is 10.2 Å². The molecule has 0 saturated carbocycles. The van der Waals surface area contributed by atoms with Crippen molar-refractivity contribution in [1.82, 2.24) is 10.2 Å². The Hall–Kier alpha value is -2.97. The van der Waals surface area contributed by atoms with Crippen LogP contribution in [0, 0.1) is 17.7 Å². The van der Waals surface area contributed by atoms with Crippen LogP contribution in [0.15, 0.2) is 24.3 Å². The molecule has 162 valence electrons. The topological polar surface area (TPSA) is 107 Å². The van der Waals surface area contributed by atoms with Gasteiger partial charge in [0, 0.05) is 25.2 Å². The zero-order valence-electron chi connectivity index (χ0n) is 17.0. The summed E-state index contributed by atoms with van der Waals surface area (Å²) in [4.78, 5) is 52.3. The summed E-state index contributed by atoms with van der Waals surface area (Å²) < 4.78 is 13.1. The highest BCUT2D eigenvalue weighted by atomic mass is 19.1. The first kappa shape index (κ1) is 21.7. The largest absolute Gasteiger partial charge is 0.480 e. The summed E-state index contributed by atoms with van der Waals surface area (Å²) in [6, 6.07) is 3.71. The van der Waals surface area contributed by atoms with E-state index in [-0.39, 0.29) is 24.8 Å². The second-order valence-corrected chi connectivity index (χ2v) is 8.14. The zero-order chi connectivity index (χ0) is 22.0. The van der Waals surface area contributed by atoms with Gasteiger partial charge >= 0.3 is 5.97 Å². The minimum atomic E-state index is -1.05. The molecule has 3 atom stereocenters. The Balaban J connectivity index is 1.68. The second-order valence-electron chi connectivity index (χ2n) is 8.14. The van der Waals surface area contributed by atoms with E-state index < -0.39 is 41.6 Å². The lowest BCUT2D eigenvalue weighted by Crippen LogP contribution is -2.54. The predicted molar refractivity (Wildman–Crippen MR) is 106 cm³/mol. The van der Waals surface area contributed by atoms with Crippen molar-refractivity contribution in [3.8, 4) is 0 Å². The Kier molecular flexibility index (Phi) is 6.38. The average Bonchev–Trinajstić information content (AvgIpc) is 3.33. The molecule has 2 N–H and O–H groups in total. The molecule has 2 fully saturated rings. The Bertz CT molecular complexity index is 842. The lowest BCUT2D eigenvalue weighted by molar-refractivity contribution is -0.150. The molecule has 0 spiro atoms. The van der Waals surface area contributed by atoms with Gasteiger partial charge < -0.3 is 20.2 Å². The van der Waals surface area contributed by atoms with E-state index in [1.165, 1.54) is 34.1 Å². The summed E-state index contributed by atoms with van der Waals surface area (Å²) in [6.45, 7) is 4.03. The van der Waals surface area contributed by atoms with E-state index in [1.807, 2.05) is 0 Å². The van der Waals surface area contributed by atoms with Crippen LogP contribution in [0.3, 0.4) is 0 Å². The smallest absolute Gasteiger partial charge is 0.326 e. The number of amides is 3. The number of benzene rings is 1. The fourth-order valence-electron chi connectivity index (χ4n) is 4.00. The standard InChI is InChI=1S/C21H26FN3O5/c1-12(2)18(20(28)24-9-3-4-16(24)21(29)30)23-19(27)13-10-17(26)25(11-13)15-7-5-14(22)6-8-15/h5-8,12-13,16,18H,3-4,9-11H2,1-2H3,(H,23,27)(H,29,30)/t13-,16-,18+/m1/s1. The highest BCUT2D eigenvalue weighted by Gasteiger charge is 2.41. The lowest BCUT2D eigenvalue weighted by Gasteiger charge is -2.30. The van der Waals surface area contributed by atoms with Crippen molar-refractivity contribution in [3.63, 3.8) is 0 Å². The molecule has 1 aromatic carbocycles. The Labute approximate surface area is 174 Å². The first-order valence-corrected chi connectivity index (χ1v) is 10.1. The SMILES string of the molecule is CC(C)[C@H](NC(=O)[C@@H]1CC(=O)N(c2ccc(F)cc2)C1)C(=O)N1CCC[C@@H]1C(=O)O. The molecule has 0 radical (unpaired) electrons. The molecule has 2 heterocycles. The van der Waals surface area contributed by atoms with Gasteiger partial charge in [-0.3, -0.25) is 14.4 Å². The molecular weight excluding hydrogens is 393 g/mol. The van der Waals surface area contributed by atoms with Gasteiger partial charge in [0.1, 0.15) is 17.9 Å². The van der Waals surface area contributed by atoms with E-state index in [2.05, 4.69) is 5.32 Å². The molecule has 0 aromatic heterocycles. The summed E-state index contributed by atoms with van der Waals surface area (Å²) in [5.74, 6) is -3.45. The Morgan fingerprint density at radius 3 is 2.47 bits per heavy atom. The molecule has 1 aromatic rings. The predicted octanol–water partition coefficient (Wildman–Crippen LogP) is 1.39. The Morgan fingerprint density at radius 2 is 1.87 bits per heavy atom. The molecule has 3 amide bonds. The molecule has 30 heavy (non-hydrogen) atoms. The third kappa shape index (κ3) is 4.44. The maximum Gasteiger partial charge on any atom is 0.326 e. The van der Waals surface area contributed by atoms with Crippen molar-refractivity contribution in [3.05, 3.63) is 30.1 Å². The number of carboxylic acids is 1. The van der Waals surface area contributed by atoms with Crippen LogP contribution in [-0.2, 0) is 19.2 Å². The van der Waals surface area contributed by atoms with Gasteiger partial charge in [0.15, 0.2) is 0 Å². The lowest BCUT2D eigenvalue weighted by atomic mass is 10.00. The molecule has 2 aliphatic heterocycles. The van der Waals surface area contributed by atoms with E-state index in [0.29, 0.717) is 25.1 Å². The van der Waals surface area contributed by atoms with E-state index in [1.54, 1.807) is 13.8 Å². The fraction of sp³-hybridized carbons (Fsp3) is 0.524. The first-order valence-electron chi connectivity index (χ1n) is 10.1. The maximum absolute atomic E-state index is 13.1. The van der Waals surface area contributed by atoms with E-state index in [9.17, 15) is 28.7 Å². The quantitative estimate of drug-likeness (QED) is 0.725. The highest BCUT2D eigenvalue weighted by Crippen LogP contribution is 2.26. The summed E-state index contributed by atoms with van der Waals surface area (Å²) in [6.07, 6.45) is 0.985. The van der Waals surface area contributed by atoms with Gasteiger partial charge in [-0.1, -0.05) is 13.8 Å². The molecular formula is C21H26FN3O5.